The minimum Gasteiger partial charge on any atom is -0.386 e. The fraction of sp³-hybridized carbons (Fsp3) is 0.182. The summed E-state index contributed by atoms with van der Waals surface area (Å²) >= 11 is 6.02. The van der Waals surface area contributed by atoms with Gasteiger partial charge in [-0.1, -0.05) is 35.8 Å². The smallest absolute Gasteiger partial charge is 0.386 e. The van der Waals surface area contributed by atoms with Crippen molar-refractivity contribution in [3.8, 4) is 22.3 Å². The minimum atomic E-state index is -4.56. The number of rotatable bonds is 6. The van der Waals surface area contributed by atoms with Crippen LogP contribution in [0.5, 0.6) is 0 Å². The molecule has 174 valence electrons. The van der Waals surface area contributed by atoms with Crippen LogP contribution in [0.15, 0.2) is 64.9 Å². The Balaban J connectivity index is 1.90. The van der Waals surface area contributed by atoms with Crippen LogP contribution in [0.1, 0.15) is 19.0 Å². The first-order valence-electron chi connectivity index (χ1n) is 9.99. The van der Waals surface area contributed by atoms with E-state index in [1.165, 1.54) is 6.20 Å². The number of oxime groups is 1. The molecule has 0 radical (unpaired) electrons. The van der Waals surface area contributed by atoms with Crippen LogP contribution in [-0.2, 0) is 4.84 Å². The number of hydrogen-bond donors (Lipinski definition) is 0. The van der Waals surface area contributed by atoms with Crippen LogP contribution >= 0.6 is 11.6 Å². The van der Waals surface area contributed by atoms with Crippen molar-refractivity contribution < 1.29 is 18.0 Å². The second kappa shape index (κ2) is 9.56. The zero-order valence-corrected chi connectivity index (χ0v) is 18.4. The molecule has 0 bridgehead atoms. The molecular weight excluding hydrogens is 473 g/mol. The molecule has 0 amide bonds. The summed E-state index contributed by atoms with van der Waals surface area (Å²) in [5.41, 5.74) is 1.85. The van der Waals surface area contributed by atoms with Gasteiger partial charge in [-0.2, -0.15) is 22.8 Å². The van der Waals surface area contributed by atoms with Crippen LogP contribution in [0, 0.1) is 0 Å². The summed E-state index contributed by atoms with van der Waals surface area (Å²) in [6.45, 7) is 0.0129. The van der Waals surface area contributed by atoms with Crippen LogP contribution in [0.2, 0.25) is 5.02 Å². The van der Waals surface area contributed by atoms with Crippen LogP contribution in [0.25, 0.3) is 27.9 Å². The number of fused-ring (bicyclic) bond motifs is 1. The van der Waals surface area contributed by atoms with Gasteiger partial charge in [-0.15, -0.1) is 10.2 Å². The quantitative estimate of drug-likeness (QED) is 0.292. The highest BCUT2D eigenvalue weighted by Crippen LogP contribution is 2.33. The number of alkyl halides is 3. The number of hydrogen-bond acceptors (Lipinski definition) is 7. The average molecular weight is 489 g/mol. The highest BCUT2D eigenvalue weighted by Gasteiger charge is 2.29. The predicted octanol–water partition coefficient (Wildman–Crippen LogP) is 4.56. The van der Waals surface area contributed by atoms with Gasteiger partial charge in [0.05, 0.1) is 6.20 Å². The molecule has 3 heterocycles. The van der Waals surface area contributed by atoms with Gasteiger partial charge in [0.25, 0.3) is 0 Å². The van der Waals surface area contributed by atoms with Crippen molar-refractivity contribution in [2.24, 2.45) is 5.16 Å². The Labute approximate surface area is 195 Å². The molecule has 4 rings (SSSR count). The lowest BCUT2D eigenvalue weighted by Gasteiger charge is -2.13. The van der Waals surface area contributed by atoms with Gasteiger partial charge < -0.3 is 4.84 Å². The van der Waals surface area contributed by atoms with Crippen molar-refractivity contribution in [2.45, 2.75) is 19.5 Å². The maximum Gasteiger partial charge on any atom is 0.425 e. The Morgan fingerprint density at radius 3 is 2.44 bits per heavy atom. The summed E-state index contributed by atoms with van der Waals surface area (Å²) in [7, 11) is 0. The van der Waals surface area contributed by atoms with E-state index in [1.54, 1.807) is 55.7 Å². The van der Waals surface area contributed by atoms with E-state index in [0.717, 1.165) is 10.1 Å². The summed E-state index contributed by atoms with van der Waals surface area (Å²) in [4.78, 5) is 21.6. The molecule has 0 aliphatic heterocycles. The third-order valence-corrected chi connectivity index (χ3v) is 5.02. The molecular formula is C22H16ClF3N6O2. The van der Waals surface area contributed by atoms with Gasteiger partial charge in [0, 0.05) is 28.5 Å². The minimum absolute atomic E-state index is 0.0785. The van der Waals surface area contributed by atoms with Gasteiger partial charge in [-0.05, 0) is 41.8 Å². The van der Waals surface area contributed by atoms with E-state index in [4.69, 9.17) is 11.6 Å². The van der Waals surface area contributed by atoms with Gasteiger partial charge in [-0.3, -0.25) is 9.78 Å². The zero-order valence-electron chi connectivity index (χ0n) is 17.6. The van der Waals surface area contributed by atoms with Crippen molar-refractivity contribution in [3.05, 3.63) is 76.1 Å². The highest BCUT2D eigenvalue weighted by atomic mass is 35.5. The molecule has 1 aromatic carbocycles. The number of benzene rings is 1. The molecule has 0 atom stereocenters. The molecule has 8 nitrogen and oxygen atoms in total. The third-order valence-electron chi connectivity index (χ3n) is 4.77. The van der Waals surface area contributed by atoms with Gasteiger partial charge in [0.1, 0.15) is 5.71 Å². The second-order valence-electron chi connectivity index (χ2n) is 7.05. The van der Waals surface area contributed by atoms with Gasteiger partial charge in [-0.25, -0.2) is 0 Å². The topological polar surface area (TPSA) is 94.6 Å². The lowest BCUT2D eigenvalue weighted by atomic mass is 9.98. The van der Waals surface area contributed by atoms with Crippen LogP contribution < -0.4 is 5.56 Å². The number of halogens is 4. The fourth-order valence-electron chi connectivity index (χ4n) is 3.23. The molecule has 0 aliphatic carbocycles. The van der Waals surface area contributed by atoms with E-state index in [9.17, 15) is 18.0 Å². The average Bonchev–Trinajstić information content (AvgIpc) is 2.82. The summed E-state index contributed by atoms with van der Waals surface area (Å²) in [6.07, 6.45) is 0.219. The molecule has 0 unspecified atom stereocenters. The van der Waals surface area contributed by atoms with Crippen molar-refractivity contribution in [2.75, 3.05) is 6.61 Å². The Morgan fingerprint density at radius 1 is 1.09 bits per heavy atom. The molecule has 3 aromatic heterocycles. The first kappa shape index (κ1) is 23.3. The first-order valence-corrected chi connectivity index (χ1v) is 10.4. The van der Waals surface area contributed by atoms with Crippen LogP contribution in [-0.4, -0.2) is 43.3 Å². The van der Waals surface area contributed by atoms with Crippen molar-refractivity contribution in [1.82, 2.24) is 24.8 Å². The third kappa shape index (κ3) is 4.88. The second-order valence-corrected chi connectivity index (χ2v) is 7.48. The molecule has 0 N–H and O–H groups in total. The lowest BCUT2D eigenvalue weighted by molar-refractivity contribution is -0.173. The van der Waals surface area contributed by atoms with Crippen LogP contribution in [0.3, 0.4) is 0 Å². The Morgan fingerprint density at radius 2 is 1.79 bits per heavy atom. The molecule has 0 spiro atoms. The molecule has 0 aliphatic rings. The van der Waals surface area contributed by atoms with Crippen LogP contribution in [0.4, 0.5) is 13.2 Å². The number of aromatic nitrogens is 5. The molecule has 4 aromatic rings. The van der Waals surface area contributed by atoms with E-state index in [-0.39, 0.29) is 23.5 Å². The summed E-state index contributed by atoms with van der Waals surface area (Å²) in [6, 6.07) is 10.6. The lowest BCUT2D eigenvalue weighted by Crippen LogP contribution is -2.28. The highest BCUT2D eigenvalue weighted by molar-refractivity contribution is 6.30. The molecule has 0 fully saturated rings. The van der Waals surface area contributed by atoms with Gasteiger partial charge in [0.2, 0.25) is 6.61 Å². The fourth-order valence-corrected chi connectivity index (χ4v) is 3.36. The standard InChI is InChI=1S/C22H16ClF3N6O2/c1-2-17(31-34-12-22(24,25)26)19-21(33)32-20(30-29-19)18(14-7-9-27-10-8-14)16(11-28-32)13-3-5-15(23)6-4-13/h3-11H,2,12H2,1H3/b31-17+. The summed E-state index contributed by atoms with van der Waals surface area (Å²) in [5, 5.41) is 16.4. The molecule has 0 saturated carbocycles. The van der Waals surface area contributed by atoms with E-state index in [2.05, 4.69) is 30.3 Å². The van der Waals surface area contributed by atoms with E-state index >= 15 is 0 Å². The van der Waals surface area contributed by atoms with Crippen molar-refractivity contribution in [1.29, 1.82) is 0 Å². The zero-order chi connectivity index (χ0) is 24.3. The predicted molar refractivity (Wildman–Crippen MR) is 120 cm³/mol. The maximum atomic E-state index is 13.2. The normalized spacial score (nSPS) is 12.2. The SMILES string of the molecule is CC/C(=N\OCC(F)(F)F)c1nnc2c(-c3ccncc3)c(-c3ccc(Cl)cc3)cnn2c1=O. The number of pyridine rings is 1. The first-order chi connectivity index (χ1) is 16.3. The summed E-state index contributed by atoms with van der Waals surface area (Å²) in [5.74, 6) is 0. The monoisotopic (exact) mass is 488 g/mol. The van der Waals surface area contributed by atoms with Crippen molar-refractivity contribution in [3.63, 3.8) is 0 Å². The maximum absolute atomic E-state index is 13.2. The largest absolute Gasteiger partial charge is 0.425 e. The van der Waals surface area contributed by atoms with Gasteiger partial charge >= 0.3 is 11.7 Å². The summed E-state index contributed by atoms with van der Waals surface area (Å²) < 4.78 is 38.2. The van der Waals surface area contributed by atoms with Gasteiger partial charge in [0.15, 0.2) is 11.3 Å². The number of nitrogens with zero attached hydrogens (tertiary/aromatic N) is 6. The van der Waals surface area contributed by atoms with E-state index in [0.29, 0.717) is 21.7 Å². The molecule has 34 heavy (non-hydrogen) atoms. The molecule has 12 heteroatoms. The van der Waals surface area contributed by atoms with Crippen molar-refractivity contribution >= 4 is 23.0 Å². The Hall–Kier alpha value is -3.86. The van der Waals surface area contributed by atoms with E-state index < -0.39 is 18.3 Å². The Kier molecular flexibility index (Phi) is 6.55. The Bertz CT molecular complexity index is 1410. The molecule has 0 saturated heterocycles. The van der Waals surface area contributed by atoms with E-state index in [1.807, 2.05) is 0 Å².